The van der Waals surface area contributed by atoms with Crippen molar-refractivity contribution in [2.45, 2.75) is 19.3 Å². The predicted octanol–water partition coefficient (Wildman–Crippen LogP) is 3.80. The van der Waals surface area contributed by atoms with Crippen LogP contribution in [-0.2, 0) is 15.8 Å². The molecular formula is C22H20F3N5O3S. The van der Waals surface area contributed by atoms with Crippen LogP contribution in [-0.4, -0.2) is 40.4 Å². The van der Waals surface area contributed by atoms with Gasteiger partial charge in [-0.3, -0.25) is 24.8 Å². The van der Waals surface area contributed by atoms with Gasteiger partial charge in [-0.1, -0.05) is 23.9 Å². The van der Waals surface area contributed by atoms with E-state index in [1.807, 2.05) is 6.92 Å². The minimum Gasteiger partial charge on any atom is -0.494 e. The number of hydrazone groups is 1. The first-order valence-corrected chi connectivity index (χ1v) is 11.2. The van der Waals surface area contributed by atoms with Crippen LogP contribution in [0.1, 0.15) is 12.5 Å². The predicted molar refractivity (Wildman–Crippen MR) is 123 cm³/mol. The van der Waals surface area contributed by atoms with E-state index in [-0.39, 0.29) is 17.3 Å². The van der Waals surface area contributed by atoms with Gasteiger partial charge in [0.05, 0.1) is 23.6 Å². The van der Waals surface area contributed by atoms with Gasteiger partial charge in [-0.15, -0.1) is 0 Å². The SMILES string of the molecule is CCOc1ccc(N2C=CN3C(SCC(=O)Nc4ccccc4C(F)(F)F)=NNC3C2=O)cc1. The Balaban J connectivity index is 1.37. The van der Waals surface area contributed by atoms with Crippen LogP contribution in [0.25, 0.3) is 0 Å². The molecule has 2 heterocycles. The third-order valence-electron chi connectivity index (χ3n) is 4.89. The zero-order valence-corrected chi connectivity index (χ0v) is 18.7. The first-order chi connectivity index (χ1) is 16.3. The number of fused-ring (bicyclic) bond motifs is 1. The van der Waals surface area contributed by atoms with Crippen LogP contribution in [0.5, 0.6) is 5.75 Å². The summed E-state index contributed by atoms with van der Waals surface area (Å²) >= 11 is 0.999. The Kier molecular flexibility index (Phi) is 6.68. The molecule has 12 heteroatoms. The van der Waals surface area contributed by atoms with E-state index in [1.165, 1.54) is 23.1 Å². The van der Waals surface area contributed by atoms with Crippen molar-refractivity contribution in [2.75, 3.05) is 22.6 Å². The van der Waals surface area contributed by atoms with E-state index >= 15 is 0 Å². The van der Waals surface area contributed by atoms with E-state index in [0.717, 1.165) is 17.8 Å². The van der Waals surface area contributed by atoms with E-state index in [0.29, 0.717) is 23.2 Å². The molecule has 8 nitrogen and oxygen atoms in total. The number of rotatable bonds is 6. The quantitative estimate of drug-likeness (QED) is 0.640. The Morgan fingerprint density at radius 1 is 1.18 bits per heavy atom. The van der Waals surface area contributed by atoms with E-state index in [2.05, 4.69) is 15.8 Å². The third kappa shape index (κ3) is 4.96. The van der Waals surface area contributed by atoms with Gasteiger partial charge in [0.15, 0.2) is 5.17 Å². The van der Waals surface area contributed by atoms with E-state index < -0.39 is 23.8 Å². The number of anilines is 2. The molecule has 0 saturated heterocycles. The topological polar surface area (TPSA) is 86.3 Å². The van der Waals surface area contributed by atoms with Crippen molar-refractivity contribution < 1.29 is 27.5 Å². The van der Waals surface area contributed by atoms with Gasteiger partial charge >= 0.3 is 6.18 Å². The molecule has 4 rings (SSSR count). The molecule has 2 aromatic carbocycles. The number of alkyl halides is 3. The summed E-state index contributed by atoms with van der Waals surface area (Å²) in [6.45, 7) is 2.42. The average molecular weight is 491 g/mol. The van der Waals surface area contributed by atoms with Gasteiger partial charge in [-0.05, 0) is 43.3 Å². The van der Waals surface area contributed by atoms with Crippen molar-refractivity contribution >= 4 is 40.1 Å². The largest absolute Gasteiger partial charge is 0.494 e. The minimum atomic E-state index is -4.59. The van der Waals surface area contributed by atoms with E-state index in [4.69, 9.17) is 4.74 Å². The first kappa shape index (κ1) is 23.5. The van der Waals surface area contributed by atoms with Crippen LogP contribution in [0.15, 0.2) is 66.0 Å². The normalized spacial score (nSPS) is 17.2. The number of nitrogens with one attached hydrogen (secondary N) is 2. The molecule has 0 aliphatic carbocycles. The molecule has 2 amide bonds. The number of hydrogen-bond acceptors (Lipinski definition) is 7. The molecule has 0 aromatic heterocycles. The standard InChI is InChI=1S/C22H20F3N5O3S/c1-2-33-15-9-7-14(8-10-15)29-11-12-30-19(20(29)32)27-28-21(30)34-13-18(31)26-17-6-4-3-5-16(17)22(23,24)25/h3-12,19,27H,2,13H2,1H3,(H,26,31). The van der Waals surface area contributed by atoms with Crippen LogP contribution in [0.4, 0.5) is 24.5 Å². The summed E-state index contributed by atoms with van der Waals surface area (Å²) in [4.78, 5) is 28.3. The van der Waals surface area contributed by atoms with Gasteiger partial charge in [-0.2, -0.15) is 18.3 Å². The molecule has 2 aromatic rings. The maximum atomic E-state index is 13.1. The van der Waals surface area contributed by atoms with Gasteiger partial charge in [0.2, 0.25) is 12.1 Å². The first-order valence-electron chi connectivity index (χ1n) is 10.2. The number of carbonyl (C=O) groups is 2. The van der Waals surface area contributed by atoms with Crippen LogP contribution < -0.4 is 20.4 Å². The number of nitrogens with zero attached hydrogens (tertiary/aromatic N) is 3. The zero-order chi connectivity index (χ0) is 24.3. The minimum absolute atomic E-state index is 0.194. The van der Waals surface area contributed by atoms with Crippen LogP contribution >= 0.6 is 11.8 Å². The number of benzene rings is 2. The molecule has 0 spiro atoms. The highest BCUT2D eigenvalue weighted by atomic mass is 32.2. The lowest BCUT2D eigenvalue weighted by atomic mass is 10.1. The summed E-state index contributed by atoms with van der Waals surface area (Å²) in [5.74, 6) is -0.412. The summed E-state index contributed by atoms with van der Waals surface area (Å²) in [7, 11) is 0. The molecule has 0 radical (unpaired) electrons. The highest BCUT2D eigenvalue weighted by Gasteiger charge is 2.38. The lowest BCUT2D eigenvalue weighted by molar-refractivity contribution is -0.137. The van der Waals surface area contributed by atoms with Crippen LogP contribution in [0, 0.1) is 0 Å². The lowest BCUT2D eigenvalue weighted by Gasteiger charge is -2.31. The van der Waals surface area contributed by atoms with Gasteiger partial charge in [-0.25, -0.2) is 0 Å². The monoisotopic (exact) mass is 491 g/mol. The number of amides is 2. The Morgan fingerprint density at radius 2 is 1.91 bits per heavy atom. The zero-order valence-electron chi connectivity index (χ0n) is 17.9. The van der Waals surface area contributed by atoms with Gasteiger partial charge in [0.1, 0.15) is 5.75 Å². The Labute approximate surface area is 197 Å². The highest BCUT2D eigenvalue weighted by molar-refractivity contribution is 8.14. The van der Waals surface area contributed by atoms with Gasteiger partial charge < -0.3 is 10.1 Å². The smallest absolute Gasteiger partial charge is 0.418 e. The van der Waals surface area contributed by atoms with Crippen molar-refractivity contribution in [3.8, 4) is 5.75 Å². The second kappa shape index (κ2) is 9.67. The number of amidine groups is 1. The third-order valence-corrected chi connectivity index (χ3v) is 5.86. The van der Waals surface area contributed by atoms with E-state index in [9.17, 15) is 22.8 Å². The molecule has 178 valence electrons. The number of hydrogen-bond donors (Lipinski definition) is 2. The Morgan fingerprint density at radius 3 is 2.62 bits per heavy atom. The number of ether oxygens (including phenoxy) is 1. The summed E-state index contributed by atoms with van der Waals surface area (Å²) in [5, 5.41) is 6.74. The summed E-state index contributed by atoms with van der Waals surface area (Å²) in [6, 6.07) is 11.8. The number of halogens is 3. The molecule has 1 atom stereocenters. The number of para-hydroxylation sites is 1. The second-order valence-electron chi connectivity index (χ2n) is 7.15. The Hall–Kier alpha value is -3.67. The molecule has 2 aliphatic rings. The van der Waals surface area contributed by atoms with E-state index in [1.54, 1.807) is 41.6 Å². The fourth-order valence-corrected chi connectivity index (χ4v) is 4.12. The molecule has 2 aliphatic heterocycles. The van der Waals surface area contributed by atoms with Gasteiger partial charge in [0.25, 0.3) is 5.91 Å². The van der Waals surface area contributed by atoms with Crippen molar-refractivity contribution in [1.29, 1.82) is 0 Å². The molecular weight excluding hydrogens is 471 g/mol. The fourth-order valence-electron chi connectivity index (χ4n) is 3.36. The van der Waals surface area contributed by atoms with Crippen molar-refractivity contribution in [3.63, 3.8) is 0 Å². The summed E-state index contributed by atoms with van der Waals surface area (Å²) in [6.07, 6.45) is -2.16. The van der Waals surface area contributed by atoms with Crippen molar-refractivity contribution in [1.82, 2.24) is 10.3 Å². The Bertz CT molecular complexity index is 1140. The van der Waals surface area contributed by atoms with Crippen molar-refractivity contribution in [2.24, 2.45) is 5.10 Å². The van der Waals surface area contributed by atoms with Crippen LogP contribution in [0.2, 0.25) is 0 Å². The molecule has 34 heavy (non-hydrogen) atoms. The summed E-state index contributed by atoms with van der Waals surface area (Å²) in [5.41, 5.74) is 2.15. The van der Waals surface area contributed by atoms with Crippen molar-refractivity contribution in [3.05, 3.63) is 66.5 Å². The average Bonchev–Trinajstić information content (AvgIpc) is 3.22. The summed E-state index contributed by atoms with van der Waals surface area (Å²) < 4.78 is 44.8. The molecule has 0 bridgehead atoms. The molecule has 2 N–H and O–H groups in total. The number of carbonyl (C=O) groups excluding carboxylic acids is 2. The maximum Gasteiger partial charge on any atom is 0.418 e. The molecule has 1 unspecified atom stereocenters. The molecule has 0 fully saturated rings. The maximum absolute atomic E-state index is 13.1. The fraction of sp³-hybridized carbons (Fsp3) is 0.227. The van der Waals surface area contributed by atoms with Crippen LogP contribution in [0.3, 0.4) is 0 Å². The van der Waals surface area contributed by atoms with Gasteiger partial charge in [0, 0.05) is 18.1 Å². The lowest BCUT2D eigenvalue weighted by Crippen LogP contribution is -2.52. The second-order valence-corrected chi connectivity index (χ2v) is 8.09. The number of thioether (sulfide) groups is 1. The highest BCUT2D eigenvalue weighted by Crippen LogP contribution is 2.34. The molecule has 0 saturated carbocycles.